The van der Waals surface area contributed by atoms with Crippen molar-refractivity contribution in [3.05, 3.63) is 71.9 Å². The lowest BCUT2D eigenvalue weighted by Gasteiger charge is -2.19. The maximum absolute atomic E-state index is 12.6. The van der Waals surface area contributed by atoms with E-state index in [4.69, 9.17) is 20.6 Å². The number of pyridine rings is 1. The van der Waals surface area contributed by atoms with Gasteiger partial charge in [-0.2, -0.15) is 0 Å². The van der Waals surface area contributed by atoms with E-state index in [0.29, 0.717) is 23.0 Å². The Bertz CT molecular complexity index is 1190. The van der Waals surface area contributed by atoms with Crippen LogP contribution in [0.5, 0.6) is 5.75 Å². The highest BCUT2D eigenvalue weighted by Crippen LogP contribution is 2.25. The Morgan fingerprint density at radius 2 is 1.97 bits per heavy atom. The first-order valence-electron chi connectivity index (χ1n) is 10.2. The van der Waals surface area contributed by atoms with Crippen LogP contribution in [0.25, 0.3) is 10.8 Å². The number of hydrogen-bond acceptors (Lipinski definition) is 7. The smallest absolute Gasteiger partial charge is 0.339 e. The molecule has 0 bridgehead atoms. The van der Waals surface area contributed by atoms with Crippen molar-refractivity contribution in [3.63, 3.8) is 0 Å². The van der Waals surface area contributed by atoms with Gasteiger partial charge in [0.05, 0.1) is 5.56 Å². The summed E-state index contributed by atoms with van der Waals surface area (Å²) in [5, 5.41) is 10.2. The molecule has 3 aromatic rings. The number of benzene rings is 2. The van der Waals surface area contributed by atoms with E-state index in [1.165, 1.54) is 11.8 Å². The Morgan fingerprint density at radius 1 is 1.16 bits per heavy atom. The summed E-state index contributed by atoms with van der Waals surface area (Å²) in [7, 11) is 0. The fourth-order valence-electron chi connectivity index (χ4n) is 3.48. The number of anilines is 1. The van der Waals surface area contributed by atoms with Crippen molar-refractivity contribution >= 4 is 40.2 Å². The number of nitrogens with zero attached hydrogens (tertiary/aromatic N) is 2. The molecule has 1 aliphatic heterocycles. The number of carbonyl (C=O) groups excluding carboxylic acids is 1. The van der Waals surface area contributed by atoms with Gasteiger partial charge in [0.15, 0.2) is 0 Å². The molecule has 1 aromatic heterocycles. The number of hydrogen-bond donors (Lipinski definition) is 2. The van der Waals surface area contributed by atoms with Crippen LogP contribution in [0.4, 0.5) is 5.82 Å². The van der Waals surface area contributed by atoms with E-state index < -0.39 is 5.97 Å². The zero-order chi connectivity index (χ0) is 22.5. The first kappa shape index (κ1) is 21.7. The summed E-state index contributed by atoms with van der Waals surface area (Å²) in [6.07, 6.45) is 7.66. The number of nitrogens with two attached hydrogens (primary N) is 1. The molecule has 3 N–H and O–H groups in total. The van der Waals surface area contributed by atoms with Gasteiger partial charge in [-0.25, -0.2) is 9.78 Å². The summed E-state index contributed by atoms with van der Waals surface area (Å²) in [5.41, 5.74) is 7.18. The van der Waals surface area contributed by atoms with E-state index in [9.17, 15) is 4.79 Å². The Balaban J connectivity index is 1.34. The zero-order valence-electron chi connectivity index (χ0n) is 17.7. The fourth-order valence-corrected chi connectivity index (χ4v) is 4.10. The predicted molar refractivity (Wildman–Crippen MR) is 128 cm³/mol. The molecule has 1 aliphatic rings. The van der Waals surface area contributed by atoms with Crippen molar-refractivity contribution < 1.29 is 14.3 Å². The van der Waals surface area contributed by atoms with Crippen LogP contribution in [-0.2, 0) is 4.74 Å². The molecule has 2 heterocycles. The molecule has 32 heavy (non-hydrogen) atoms. The number of rotatable bonds is 7. The van der Waals surface area contributed by atoms with Gasteiger partial charge < -0.3 is 20.1 Å². The van der Waals surface area contributed by atoms with Gasteiger partial charge in [0.25, 0.3) is 0 Å². The molecule has 0 radical (unpaired) electrons. The first-order chi connectivity index (χ1) is 15.6. The summed E-state index contributed by atoms with van der Waals surface area (Å²) in [6.45, 7) is 1.80. The van der Waals surface area contributed by atoms with Crippen molar-refractivity contribution in [1.29, 1.82) is 5.41 Å². The van der Waals surface area contributed by atoms with Crippen molar-refractivity contribution in [2.24, 2.45) is 0 Å². The second-order valence-electron chi connectivity index (χ2n) is 7.20. The Morgan fingerprint density at radius 3 is 2.75 bits per heavy atom. The summed E-state index contributed by atoms with van der Waals surface area (Å²) < 4.78 is 11.1. The van der Waals surface area contributed by atoms with Crippen LogP contribution in [0, 0.1) is 5.41 Å². The van der Waals surface area contributed by atoms with Crippen LogP contribution in [0.15, 0.2) is 65.7 Å². The van der Waals surface area contributed by atoms with Gasteiger partial charge in [0.2, 0.25) is 0 Å². The second kappa shape index (κ2) is 9.74. The number of carbonyl (C=O) groups is 1. The van der Waals surface area contributed by atoms with Gasteiger partial charge in [-0.3, -0.25) is 5.41 Å². The van der Waals surface area contributed by atoms with Gasteiger partial charge >= 0.3 is 5.97 Å². The number of nitrogen functional groups attached to an aromatic ring is 1. The van der Waals surface area contributed by atoms with Crippen molar-refractivity contribution in [3.8, 4) is 5.75 Å². The van der Waals surface area contributed by atoms with Crippen LogP contribution in [-0.4, -0.2) is 54.2 Å². The van der Waals surface area contributed by atoms with Crippen molar-refractivity contribution in [1.82, 2.24) is 9.88 Å². The van der Waals surface area contributed by atoms with Crippen LogP contribution in [0.1, 0.15) is 15.9 Å². The number of nitrogens with one attached hydrogen (secondary N) is 1. The molecule has 4 rings (SSSR count). The summed E-state index contributed by atoms with van der Waals surface area (Å²) in [6, 6.07) is 12.9. The lowest BCUT2D eigenvalue weighted by Crippen LogP contribution is -2.28. The second-order valence-corrected chi connectivity index (χ2v) is 8.05. The molecule has 0 spiro atoms. The minimum absolute atomic E-state index is 0.115. The standard InChI is InChI=1S/C24H24N4O3S/c1-32-21-14-17(23(26)28-10-2-3-11-28)5-7-19(21)24(29)31-13-12-30-18-6-4-16-8-9-27-22(25)20(16)15-18/h2-9,14-15,26H,10-13H2,1H3,(H2,25,27). The van der Waals surface area contributed by atoms with Gasteiger partial charge in [0, 0.05) is 35.1 Å². The Hall–Kier alpha value is -3.52. The molecule has 0 atom stereocenters. The molecule has 0 aliphatic carbocycles. The highest BCUT2D eigenvalue weighted by atomic mass is 32.2. The van der Waals surface area contributed by atoms with Gasteiger partial charge in [-0.05, 0) is 42.0 Å². The Labute approximate surface area is 190 Å². The van der Waals surface area contributed by atoms with Gasteiger partial charge in [-0.1, -0.05) is 24.3 Å². The highest BCUT2D eigenvalue weighted by molar-refractivity contribution is 7.98. The molecule has 0 amide bonds. The van der Waals surface area contributed by atoms with Crippen LogP contribution < -0.4 is 10.5 Å². The molecular formula is C24H24N4O3S. The largest absolute Gasteiger partial charge is 0.490 e. The topological polar surface area (TPSA) is 102 Å². The minimum Gasteiger partial charge on any atom is -0.490 e. The van der Waals surface area contributed by atoms with Crippen molar-refractivity contribution in [2.45, 2.75) is 4.90 Å². The normalized spacial score (nSPS) is 12.8. The molecule has 164 valence electrons. The minimum atomic E-state index is -0.411. The number of fused-ring (bicyclic) bond motifs is 1. The number of esters is 1. The van der Waals surface area contributed by atoms with Gasteiger partial charge in [-0.15, -0.1) is 11.8 Å². The maximum atomic E-state index is 12.6. The summed E-state index contributed by atoms with van der Waals surface area (Å²) in [4.78, 5) is 19.4. The zero-order valence-corrected chi connectivity index (χ0v) is 18.5. The summed E-state index contributed by atoms with van der Waals surface area (Å²) in [5.74, 6) is 1.12. The maximum Gasteiger partial charge on any atom is 0.339 e. The lowest BCUT2D eigenvalue weighted by atomic mass is 10.1. The van der Waals surface area contributed by atoms with E-state index in [2.05, 4.69) is 4.98 Å². The van der Waals surface area contributed by atoms with Gasteiger partial charge in [0.1, 0.15) is 30.6 Å². The Kier molecular flexibility index (Phi) is 6.61. The third-order valence-corrected chi connectivity index (χ3v) is 5.96. The van der Waals surface area contributed by atoms with Crippen LogP contribution in [0.2, 0.25) is 0 Å². The molecule has 2 aromatic carbocycles. The molecule has 7 nitrogen and oxygen atoms in total. The molecule has 0 fully saturated rings. The van der Waals surface area contributed by atoms with Crippen LogP contribution in [0.3, 0.4) is 0 Å². The first-order valence-corrected chi connectivity index (χ1v) is 11.4. The van der Waals surface area contributed by atoms with Crippen molar-refractivity contribution in [2.75, 3.05) is 38.3 Å². The lowest BCUT2D eigenvalue weighted by molar-refractivity contribution is 0.0446. The monoisotopic (exact) mass is 448 g/mol. The number of ether oxygens (including phenoxy) is 2. The van der Waals surface area contributed by atoms with E-state index in [-0.39, 0.29) is 13.2 Å². The number of aromatic nitrogens is 1. The quantitative estimate of drug-likeness (QED) is 0.141. The molecular weight excluding hydrogens is 424 g/mol. The van der Waals surface area contributed by atoms with E-state index in [1.807, 2.05) is 53.6 Å². The van der Waals surface area contributed by atoms with E-state index in [0.717, 1.165) is 34.3 Å². The third kappa shape index (κ3) is 4.70. The van der Waals surface area contributed by atoms with E-state index >= 15 is 0 Å². The SMILES string of the molecule is CSc1cc(C(=N)N2CC=CC2)ccc1C(=O)OCCOc1ccc2ccnc(N)c2c1. The highest BCUT2D eigenvalue weighted by Gasteiger charge is 2.17. The number of amidine groups is 1. The fraction of sp³-hybridized carbons (Fsp3) is 0.208. The predicted octanol–water partition coefficient (Wildman–Crippen LogP) is 3.97. The van der Waals surface area contributed by atoms with Crippen LogP contribution >= 0.6 is 11.8 Å². The summed E-state index contributed by atoms with van der Waals surface area (Å²) >= 11 is 1.46. The third-order valence-electron chi connectivity index (χ3n) is 5.18. The average molecular weight is 449 g/mol. The number of thioether (sulfide) groups is 1. The molecule has 0 saturated carbocycles. The van der Waals surface area contributed by atoms with E-state index in [1.54, 1.807) is 18.3 Å². The average Bonchev–Trinajstić information content (AvgIpc) is 3.36. The molecule has 0 saturated heterocycles. The molecule has 8 heteroatoms. The molecule has 0 unspecified atom stereocenters.